The molecule has 46 valence electrons. The SMILES string of the molecule is Cl.Cl.NOC(N)=O. The smallest absolute Gasteiger partial charge is 0.357 e. The van der Waals surface area contributed by atoms with Crippen molar-refractivity contribution in [2.45, 2.75) is 0 Å². The molecule has 0 saturated carbocycles. The number of nitrogens with two attached hydrogens (primary N) is 2. The Balaban J connectivity index is -0.0000000800. The molecular weight excluding hydrogens is 143 g/mol. The third kappa shape index (κ3) is 25.7. The summed E-state index contributed by atoms with van der Waals surface area (Å²) in [6, 6.07) is 0. The molecular formula is CH6Cl2N2O2. The maximum absolute atomic E-state index is 9.24. The van der Waals surface area contributed by atoms with Gasteiger partial charge in [-0.05, 0) is 0 Å². The number of carbonyl (C=O) groups is 1. The number of rotatable bonds is 0. The van der Waals surface area contributed by atoms with E-state index in [1.54, 1.807) is 0 Å². The molecule has 0 spiro atoms. The predicted molar refractivity (Wildman–Crippen MR) is 29.4 cm³/mol. The summed E-state index contributed by atoms with van der Waals surface area (Å²) in [5, 5.41) is 0. The van der Waals surface area contributed by atoms with Crippen molar-refractivity contribution in [3.63, 3.8) is 0 Å². The number of hydrogen-bond donors (Lipinski definition) is 2. The van der Waals surface area contributed by atoms with Gasteiger partial charge in [-0.1, -0.05) is 0 Å². The minimum atomic E-state index is -0.968. The molecule has 7 heavy (non-hydrogen) atoms. The lowest BCUT2D eigenvalue weighted by Gasteiger charge is -1.79. The van der Waals surface area contributed by atoms with E-state index in [0.717, 1.165) is 0 Å². The van der Waals surface area contributed by atoms with Crippen LogP contribution >= 0.6 is 24.8 Å². The van der Waals surface area contributed by atoms with Crippen molar-refractivity contribution in [1.82, 2.24) is 0 Å². The minimum absolute atomic E-state index is 0. The monoisotopic (exact) mass is 148 g/mol. The quantitative estimate of drug-likeness (QED) is 0.468. The van der Waals surface area contributed by atoms with E-state index < -0.39 is 6.09 Å². The molecule has 0 aromatic rings. The topological polar surface area (TPSA) is 78.3 Å². The Morgan fingerprint density at radius 1 is 1.43 bits per heavy atom. The molecule has 0 fully saturated rings. The number of halogens is 2. The van der Waals surface area contributed by atoms with Gasteiger partial charge in [-0.3, -0.25) is 0 Å². The van der Waals surface area contributed by atoms with Crippen molar-refractivity contribution in [3.05, 3.63) is 0 Å². The highest BCUT2D eigenvalue weighted by Crippen LogP contribution is 1.49. The Kier molecular flexibility index (Phi) is 20.9. The van der Waals surface area contributed by atoms with E-state index in [0.29, 0.717) is 0 Å². The molecule has 0 rings (SSSR count). The molecule has 0 heterocycles. The van der Waals surface area contributed by atoms with Crippen LogP contribution in [0.4, 0.5) is 4.79 Å². The minimum Gasteiger partial charge on any atom is -0.357 e. The molecule has 6 heteroatoms. The maximum atomic E-state index is 9.24. The molecule has 0 saturated heterocycles. The van der Waals surface area contributed by atoms with Gasteiger partial charge in [0, 0.05) is 0 Å². The highest BCUT2D eigenvalue weighted by molar-refractivity contribution is 5.85. The average Bonchev–Trinajstić information content (AvgIpc) is 1.38. The van der Waals surface area contributed by atoms with Gasteiger partial charge in [0.15, 0.2) is 0 Å². The van der Waals surface area contributed by atoms with Crippen molar-refractivity contribution in [3.8, 4) is 0 Å². The van der Waals surface area contributed by atoms with Crippen LogP contribution in [-0.2, 0) is 4.84 Å². The first-order valence-corrected chi connectivity index (χ1v) is 0.933. The molecule has 0 aromatic carbocycles. The summed E-state index contributed by atoms with van der Waals surface area (Å²) in [7, 11) is 0. The second-order valence-electron chi connectivity index (χ2n) is 0.437. The van der Waals surface area contributed by atoms with Crippen molar-refractivity contribution in [1.29, 1.82) is 0 Å². The van der Waals surface area contributed by atoms with E-state index in [4.69, 9.17) is 0 Å². The largest absolute Gasteiger partial charge is 0.423 e. The van der Waals surface area contributed by atoms with E-state index in [9.17, 15) is 4.79 Å². The van der Waals surface area contributed by atoms with E-state index in [1.165, 1.54) is 0 Å². The molecule has 0 unspecified atom stereocenters. The van der Waals surface area contributed by atoms with Crippen LogP contribution < -0.4 is 11.6 Å². The zero-order chi connectivity index (χ0) is 4.28. The van der Waals surface area contributed by atoms with Gasteiger partial charge in [-0.25, -0.2) is 4.79 Å². The molecule has 0 aromatic heterocycles. The number of amides is 1. The number of primary amides is 1. The molecule has 0 radical (unpaired) electrons. The van der Waals surface area contributed by atoms with Crippen molar-refractivity contribution in [2.75, 3.05) is 0 Å². The zero-order valence-electron chi connectivity index (χ0n) is 3.29. The van der Waals surface area contributed by atoms with Gasteiger partial charge in [0.25, 0.3) is 0 Å². The summed E-state index contributed by atoms with van der Waals surface area (Å²) >= 11 is 0. The fourth-order valence-electron chi connectivity index (χ4n) is 0. The Morgan fingerprint density at radius 2 is 1.57 bits per heavy atom. The average molecular weight is 149 g/mol. The van der Waals surface area contributed by atoms with Gasteiger partial charge in [-0.2, -0.15) is 5.90 Å². The van der Waals surface area contributed by atoms with Crippen LogP contribution in [-0.4, -0.2) is 6.09 Å². The molecule has 0 aliphatic heterocycles. The molecule has 4 N–H and O–H groups in total. The summed E-state index contributed by atoms with van der Waals surface area (Å²) in [4.78, 5) is 12.6. The maximum Gasteiger partial charge on any atom is 0.423 e. The van der Waals surface area contributed by atoms with Crippen LogP contribution in [0.25, 0.3) is 0 Å². The van der Waals surface area contributed by atoms with Crippen LogP contribution in [0.5, 0.6) is 0 Å². The van der Waals surface area contributed by atoms with Crippen molar-refractivity contribution in [2.24, 2.45) is 11.6 Å². The standard InChI is InChI=1S/CH4N2O2.2ClH/c2-1(4)5-3;;/h3H2,(H2,2,4);2*1H. The van der Waals surface area contributed by atoms with E-state index in [1.807, 2.05) is 0 Å². The van der Waals surface area contributed by atoms with Crippen LogP contribution in [0.1, 0.15) is 0 Å². The second kappa shape index (κ2) is 9.26. The van der Waals surface area contributed by atoms with Gasteiger partial charge in [0.2, 0.25) is 0 Å². The first-order chi connectivity index (χ1) is 2.27. The lowest BCUT2D eigenvalue weighted by atomic mass is 11.3. The van der Waals surface area contributed by atoms with Gasteiger partial charge < -0.3 is 10.6 Å². The Bertz CT molecular complexity index is 49.0. The number of hydrogen-bond acceptors (Lipinski definition) is 3. The zero-order valence-corrected chi connectivity index (χ0v) is 4.92. The second-order valence-corrected chi connectivity index (χ2v) is 0.437. The molecule has 0 bridgehead atoms. The lowest BCUT2D eigenvalue weighted by molar-refractivity contribution is 0.159. The molecule has 4 nitrogen and oxygen atoms in total. The molecule has 0 aliphatic rings. The van der Waals surface area contributed by atoms with Gasteiger partial charge in [0.1, 0.15) is 0 Å². The van der Waals surface area contributed by atoms with Gasteiger partial charge in [-0.15, -0.1) is 24.8 Å². The highest BCUT2D eigenvalue weighted by atomic mass is 35.5. The van der Waals surface area contributed by atoms with Crippen LogP contribution in [0.15, 0.2) is 0 Å². The van der Waals surface area contributed by atoms with Crippen molar-refractivity contribution < 1.29 is 9.63 Å². The Hall–Kier alpha value is -0.190. The van der Waals surface area contributed by atoms with E-state index in [2.05, 4.69) is 16.5 Å². The van der Waals surface area contributed by atoms with Gasteiger partial charge >= 0.3 is 6.09 Å². The fraction of sp³-hybridized carbons (Fsp3) is 0. The summed E-state index contributed by atoms with van der Waals surface area (Å²) in [6.07, 6.45) is -0.968. The van der Waals surface area contributed by atoms with Crippen LogP contribution in [0.2, 0.25) is 0 Å². The first kappa shape index (κ1) is 15.8. The Morgan fingerprint density at radius 3 is 1.57 bits per heavy atom. The molecule has 0 aliphatic carbocycles. The number of carbonyl (C=O) groups excluding carboxylic acids is 1. The summed E-state index contributed by atoms with van der Waals surface area (Å²) in [5.41, 5.74) is 4.31. The van der Waals surface area contributed by atoms with Crippen LogP contribution in [0.3, 0.4) is 0 Å². The first-order valence-electron chi connectivity index (χ1n) is 0.933. The van der Waals surface area contributed by atoms with E-state index >= 15 is 0 Å². The summed E-state index contributed by atoms with van der Waals surface area (Å²) in [5.74, 6) is 4.20. The predicted octanol–water partition coefficient (Wildman–Crippen LogP) is -0.201. The third-order valence-electron chi connectivity index (χ3n) is 0.116. The fourth-order valence-corrected chi connectivity index (χ4v) is 0. The van der Waals surface area contributed by atoms with Crippen LogP contribution in [0, 0.1) is 0 Å². The van der Waals surface area contributed by atoms with E-state index in [-0.39, 0.29) is 24.8 Å². The molecule has 0 atom stereocenters. The lowest BCUT2D eigenvalue weighted by Crippen LogP contribution is -2.16. The third-order valence-corrected chi connectivity index (χ3v) is 0.116. The normalized spacial score (nSPS) is 4.71. The summed E-state index contributed by atoms with van der Waals surface area (Å²) in [6.45, 7) is 0. The highest BCUT2D eigenvalue weighted by Gasteiger charge is 1.77. The molecule has 1 amide bonds. The Labute approximate surface area is 53.0 Å². The van der Waals surface area contributed by atoms with Crippen molar-refractivity contribution >= 4 is 30.9 Å². The summed E-state index contributed by atoms with van der Waals surface area (Å²) < 4.78 is 0. The van der Waals surface area contributed by atoms with Gasteiger partial charge in [0.05, 0.1) is 0 Å².